The van der Waals surface area contributed by atoms with Crippen molar-refractivity contribution in [2.75, 3.05) is 13.2 Å². The van der Waals surface area contributed by atoms with Crippen molar-refractivity contribution >= 4 is 16.9 Å². The molecule has 2 aliphatic rings. The van der Waals surface area contributed by atoms with Gasteiger partial charge in [0.1, 0.15) is 11.3 Å². The molecule has 1 aliphatic heterocycles. The third-order valence-electron chi connectivity index (χ3n) is 7.71. The normalized spacial score (nSPS) is 24.2. The van der Waals surface area contributed by atoms with E-state index in [1.54, 1.807) is 12.1 Å². The Kier molecular flexibility index (Phi) is 6.65. The maximum atomic E-state index is 13.4. The molecule has 1 amide bonds. The molecule has 35 heavy (non-hydrogen) atoms. The number of carbonyl (C=O) groups excluding carboxylic acids is 1. The van der Waals surface area contributed by atoms with Crippen LogP contribution in [0.2, 0.25) is 0 Å². The SMILES string of the molecule is CCCc1cc(=O)oc2cc(OCC(=O)N3CC[C@]4(O)CCCC[C@H]4[C@@H]3c3ccccc3)ccc12. The quantitative estimate of drug-likeness (QED) is 0.507. The van der Waals surface area contributed by atoms with Gasteiger partial charge in [0.2, 0.25) is 0 Å². The molecule has 2 aromatic carbocycles. The lowest BCUT2D eigenvalue weighted by Crippen LogP contribution is -2.56. The Bertz CT molecular complexity index is 1250. The fourth-order valence-electron chi connectivity index (χ4n) is 6.03. The second-order valence-electron chi connectivity index (χ2n) is 9.94. The van der Waals surface area contributed by atoms with Crippen molar-refractivity contribution in [2.45, 2.75) is 63.5 Å². The summed E-state index contributed by atoms with van der Waals surface area (Å²) in [6.45, 7) is 2.46. The molecule has 2 fully saturated rings. The third kappa shape index (κ3) is 4.72. The predicted molar refractivity (Wildman–Crippen MR) is 134 cm³/mol. The van der Waals surface area contributed by atoms with Crippen LogP contribution >= 0.6 is 0 Å². The number of piperidine rings is 1. The van der Waals surface area contributed by atoms with Crippen LogP contribution in [0, 0.1) is 5.92 Å². The van der Waals surface area contributed by atoms with Gasteiger partial charge >= 0.3 is 5.63 Å². The van der Waals surface area contributed by atoms with Crippen molar-refractivity contribution in [1.82, 2.24) is 4.90 Å². The average Bonchev–Trinajstić information content (AvgIpc) is 2.86. The van der Waals surface area contributed by atoms with Gasteiger partial charge in [-0.05, 0) is 48.9 Å². The zero-order valence-corrected chi connectivity index (χ0v) is 20.2. The fourth-order valence-corrected chi connectivity index (χ4v) is 6.03. The average molecular weight is 476 g/mol. The molecular formula is C29H33NO5. The molecule has 1 N–H and O–H groups in total. The van der Waals surface area contributed by atoms with Gasteiger partial charge in [-0.15, -0.1) is 0 Å². The van der Waals surface area contributed by atoms with Gasteiger partial charge in [-0.2, -0.15) is 0 Å². The molecule has 1 aromatic heterocycles. The first-order chi connectivity index (χ1) is 17.0. The maximum absolute atomic E-state index is 13.4. The van der Waals surface area contributed by atoms with Gasteiger partial charge in [0.15, 0.2) is 6.61 Å². The Morgan fingerprint density at radius 3 is 2.77 bits per heavy atom. The molecule has 3 atom stereocenters. The zero-order valence-electron chi connectivity index (χ0n) is 20.2. The lowest BCUT2D eigenvalue weighted by molar-refractivity contribution is -0.157. The van der Waals surface area contributed by atoms with Crippen molar-refractivity contribution in [2.24, 2.45) is 5.92 Å². The molecular weight excluding hydrogens is 442 g/mol. The minimum Gasteiger partial charge on any atom is -0.484 e. The zero-order chi connectivity index (χ0) is 24.4. The summed E-state index contributed by atoms with van der Waals surface area (Å²) in [4.78, 5) is 27.3. The Balaban J connectivity index is 1.37. The van der Waals surface area contributed by atoms with Crippen LogP contribution in [0.4, 0.5) is 0 Å². The predicted octanol–water partition coefficient (Wildman–Crippen LogP) is 5.02. The topological polar surface area (TPSA) is 80.0 Å². The first kappa shape index (κ1) is 23.6. The minimum atomic E-state index is -0.720. The first-order valence-corrected chi connectivity index (χ1v) is 12.7. The highest BCUT2D eigenvalue weighted by molar-refractivity contribution is 5.82. The molecule has 6 nitrogen and oxygen atoms in total. The summed E-state index contributed by atoms with van der Waals surface area (Å²) in [6, 6.07) is 16.8. The summed E-state index contributed by atoms with van der Waals surface area (Å²) in [5, 5.41) is 12.3. The number of benzene rings is 2. The summed E-state index contributed by atoms with van der Waals surface area (Å²) >= 11 is 0. The number of ether oxygens (including phenoxy) is 1. The molecule has 1 aliphatic carbocycles. The van der Waals surface area contributed by atoms with Gasteiger partial charge in [0, 0.05) is 30.0 Å². The number of hydrogen-bond donors (Lipinski definition) is 1. The highest BCUT2D eigenvalue weighted by Crippen LogP contribution is 2.49. The van der Waals surface area contributed by atoms with Crippen LogP contribution in [0.25, 0.3) is 11.0 Å². The van der Waals surface area contributed by atoms with Crippen molar-refractivity contribution < 1.29 is 19.1 Å². The molecule has 0 bridgehead atoms. The Morgan fingerprint density at radius 1 is 1.14 bits per heavy atom. The van der Waals surface area contributed by atoms with E-state index in [-0.39, 0.29) is 30.1 Å². The maximum Gasteiger partial charge on any atom is 0.336 e. The van der Waals surface area contributed by atoms with E-state index < -0.39 is 5.60 Å². The summed E-state index contributed by atoms with van der Waals surface area (Å²) in [5.41, 5.74) is 1.39. The summed E-state index contributed by atoms with van der Waals surface area (Å²) in [7, 11) is 0. The highest BCUT2D eigenvalue weighted by atomic mass is 16.5. The second kappa shape index (κ2) is 9.86. The summed E-state index contributed by atoms with van der Waals surface area (Å²) in [5.74, 6) is 0.404. The number of fused-ring (bicyclic) bond motifs is 2. The fraction of sp³-hybridized carbons (Fsp3) is 0.448. The van der Waals surface area contributed by atoms with Gasteiger partial charge in [0.25, 0.3) is 5.91 Å². The largest absolute Gasteiger partial charge is 0.484 e. The molecule has 0 radical (unpaired) electrons. The van der Waals surface area contributed by atoms with Gasteiger partial charge in [-0.3, -0.25) is 4.79 Å². The lowest BCUT2D eigenvalue weighted by atomic mass is 9.66. The number of hydrogen-bond acceptors (Lipinski definition) is 5. The van der Waals surface area contributed by atoms with E-state index in [2.05, 4.69) is 6.92 Å². The van der Waals surface area contributed by atoms with Crippen LogP contribution in [-0.4, -0.2) is 34.7 Å². The first-order valence-electron chi connectivity index (χ1n) is 12.7. The molecule has 184 valence electrons. The smallest absolute Gasteiger partial charge is 0.336 e. The number of amides is 1. The van der Waals surface area contributed by atoms with Crippen LogP contribution in [0.15, 0.2) is 63.8 Å². The van der Waals surface area contributed by atoms with E-state index >= 15 is 0 Å². The molecule has 2 heterocycles. The van der Waals surface area contributed by atoms with E-state index in [0.29, 0.717) is 24.3 Å². The van der Waals surface area contributed by atoms with Gasteiger partial charge in [0.05, 0.1) is 11.6 Å². The Morgan fingerprint density at radius 2 is 1.97 bits per heavy atom. The number of nitrogens with zero attached hydrogens (tertiary/aromatic N) is 1. The Hall–Kier alpha value is -3.12. The van der Waals surface area contributed by atoms with Crippen molar-refractivity contribution in [3.8, 4) is 5.75 Å². The van der Waals surface area contributed by atoms with E-state index in [0.717, 1.165) is 55.0 Å². The summed E-state index contributed by atoms with van der Waals surface area (Å²) < 4.78 is 11.3. The third-order valence-corrected chi connectivity index (χ3v) is 7.71. The second-order valence-corrected chi connectivity index (χ2v) is 9.94. The molecule has 0 unspecified atom stereocenters. The molecule has 6 heteroatoms. The van der Waals surface area contributed by atoms with Crippen LogP contribution in [0.3, 0.4) is 0 Å². The van der Waals surface area contributed by atoms with E-state index in [9.17, 15) is 14.7 Å². The number of carbonyl (C=O) groups is 1. The van der Waals surface area contributed by atoms with Crippen molar-refractivity contribution in [3.63, 3.8) is 0 Å². The van der Waals surface area contributed by atoms with Crippen molar-refractivity contribution in [1.29, 1.82) is 0 Å². The standard InChI is InChI=1S/C29H33NO5/c1-2-8-21-17-27(32)35-25-18-22(12-13-23(21)25)34-19-26(31)30-16-15-29(33)14-7-6-11-24(29)28(30)20-9-4-3-5-10-20/h3-5,9-10,12-13,17-18,24,28,33H,2,6-8,11,14-16,19H2,1H3/t24-,28-,29+/m0/s1. The molecule has 0 spiro atoms. The monoisotopic (exact) mass is 475 g/mol. The number of aryl methyl sites for hydroxylation is 1. The van der Waals surface area contributed by atoms with E-state index in [1.807, 2.05) is 47.4 Å². The number of aliphatic hydroxyl groups is 1. The van der Waals surface area contributed by atoms with Gasteiger partial charge in [-0.25, -0.2) is 4.79 Å². The number of rotatable bonds is 6. The Labute approximate surface area is 205 Å². The van der Waals surface area contributed by atoms with Crippen molar-refractivity contribution in [3.05, 3.63) is 76.1 Å². The van der Waals surface area contributed by atoms with Crippen LogP contribution in [0.5, 0.6) is 5.75 Å². The lowest BCUT2D eigenvalue weighted by Gasteiger charge is -2.52. The van der Waals surface area contributed by atoms with E-state index in [1.165, 1.54) is 0 Å². The summed E-state index contributed by atoms with van der Waals surface area (Å²) in [6.07, 6.45) is 6.12. The van der Waals surface area contributed by atoms with Gasteiger partial charge in [-0.1, -0.05) is 56.5 Å². The van der Waals surface area contributed by atoms with Gasteiger partial charge < -0.3 is 19.2 Å². The minimum absolute atomic E-state index is 0.0169. The number of likely N-dealkylation sites (tertiary alicyclic amines) is 1. The molecule has 5 rings (SSSR count). The van der Waals surface area contributed by atoms with Crippen LogP contribution < -0.4 is 10.4 Å². The van der Waals surface area contributed by atoms with E-state index in [4.69, 9.17) is 9.15 Å². The molecule has 3 aromatic rings. The molecule has 1 saturated heterocycles. The van der Waals surface area contributed by atoms with Crippen LogP contribution in [-0.2, 0) is 11.2 Å². The highest BCUT2D eigenvalue weighted by Gasteiger charge is 2.50. The molecule has 1 saturated carbocycles. The van der Waals surface area contributed by atoms with Crippen LogP contribution in [0.1, 0.15) is 62.6 Å².